The van der Waals surface area contributed by atoms with E-state index < -0.39 is 49.7 Å². The van der Waals surface area contributed by atoms with Crippen molar-refractivity contribution >= 4 is 39.3 Å². The SMILES string of the molecule is COC(=O)/C=C1\C(=O)N2[C@@H](C(=O)O)[C@](C)(CCl)S(=O)(=O)[C@H]12. The smallest absolute Gasteiger partial charge is 0.331 e. The van der Waals surface area contributed by atoms with Crippen LogP contribution in [0.2, 0.25) is 0 Å². The highest BCUT2D eigenvalue weighted by Gasteiger charge is 2.71. The normalized spacial score (nSPS) is 35.3. The fourth-order valence-electron chi connectivity index (χ4n) is 2.57. The molecule has 2 rings (SSSR count). The molecule has 0 aromatic heterocycles. The van der Waals surface area contributed by atoms with Gasteiger partial charge in [0.25, 0.3) is 5.91 Å². The third-order valence-corrected chi connectivity index (χ3v) is 7.22. The van der Waals surface area contributed by atoms with Gasteiger partial charge in [0.15, 0.2) is 21.3 Å². The van der Waals surface area contributed by atoms with Gasteiger partial charge in [-0.15, -0.1) is 11.6 Å². The second-order valence-electron chi connectivity index (χ2n) is 4.92. The number of sulfone groups is 1. The van der Waals surface area contributed by atoms with E-state index in [1.165, 1.54) is 6.92 Å². The lowest BCUT2D eigenvalue weighted by Crippen LogP contribution is -2.59. The molecule has 0 bridgehead atoms. The van der Waals surface area contributed by atoms with E-state index in [1.54, 1.807) is 0 Å². The Labute approximate surface area is 125 Å². The van der Waals surface area contributed by atoms with Gasteiger partial charge in [-0.05, 0) is 6.92 Å². The van der Waals surface area contributed by atoms with E-state index in [9.17, 15) is 27.9 Å². The summed E-state index contributed by atoms with van der Waals surface area (Å²) in [6.45, 7) is 1.18. The highest BCUT2D eigenvalue weighted by Crippen LogP contribution is 2.48. The van der Waals surface area contributed by atoms with Crippen LogP contribution >= 0.6 is 11.6 Å². The maximum absolute atomic E-state index is 12.5. The van der Waals surface area contributed by atoms with Gasteiger partial charge in [0.05, 0.1) is 12.7 Å². The average Bonchev–Trinajstić information content (AvgIpc) is 2.59. The third-order valence-electron chi connectivity index (χ3n) is 3.77. The summed E-state index contributed by atoms with van der Waals surface area (Å²) >= 11 is 5.67. The predicted octanol–water partition coefficient (Wildman–Crippen LogP) is -0.867. The van der Waals surface area contributed by atoms with Gasteiger partial charge >= 0.3 is 11.9 Å². The molecule has 21 heavy (non-hydrogen) atoms. The molecule has 1 N–H and O–H groups in total. The molecule has 3 atom stereocenters. The van der Waals surface area contributed by atoms with Crippen LogP contribution in [0, 0.1) is 0 Å². The van der Waals surface area contributed by atoms with Crippen molar-refractivity contribution in [1.82, 2.24) is 4.90 Å². The number of carbonyl (C=O) groups is 3. The second kappa shape index (κ2) is 4.70. The first-order valence-corrected chi connectivity index (χ1v) is 7.86. The van der Waals surface area contributed by atoms with Crippen molar-refractivity contribution in [3.63, 3.8) is 0 Å². The standard InChI is InChI=1S/C11H12ClNO7S/c1-11(4-12)7(10(16)17)13-8(15)5(3-6(14)20-2)9(13)21(11,18)19/h3,7,9H,4H2,1-2H3,(H,16,17)/b5-3+/t7-,9+,11-/m0/s1. The molecule has 0 aliphatic carbocycles. The molecule has 0 aromatic carbocycles. The number of alkyl halides is 1. The molecule has 0 radical (unpaired) electrons. The van der Waals surface area contributed by atoms with Gasteiger partial charge < -0.3 is 14.7 Å². The van der Waals surface area contributed by atoms with Crippen molar-refractivity contribution in [3.05, 3.63) is 11.6 Å². The van der Waals surface area contributed by atoms with E-state index in [1.807, 2.05) is 0 Å². The molecular formula is C11H12ClNO7S. The molecule has 0 aromatic rings. The number of nitrogens with zero attached hydrogens (tertiary/aromatic N) is 1. The highest BCUT2D eigenvalue weighted by atomic mass is 35.5. The molecule has 2 aliphatic heterocycles. The monoisotopic (exact) mass is 337 g/mol. The average molecular weight is 338 g/mol. The van der Waals surface area contributed by atoms with Crippen molar-refractivity contribution in [3.8, 4) is 0 Å². The molecule has 2 fully saturated rings. The topological polar surface area (TPSA) is 118 Å². The number of aliphatic carboxylic acids is 1. The summed E-state index contributed by atoms with van der Waals surface area (Å²) in [4.78, 5) is 35.3. The van der Waals surface area contributed by atoms with Crippen LogP contribution in [0.25, 0.3) is 0 Å². The number of rotatable bonds is 3. The first-order chi connectivity index (χ1) is 9.63. The first kappa shape index (κ1) is 15.8. The zero-order valence-electron chi connectivity index (χ0n) is 11.1. The number of β-lactam (4-membered cyclic amide) rings is 1. The van der Waals surface area contributed by atoms with E-state index in [2.05, 4.69) is 4.74 Å². The zero-order chi connectivity index (χ0) is 16.2. The third kappa shape index (κ3) is 1.80. The number of carbonyl (C=O) groups excluding carboxylic acids is 2. The number of esters is 1. The van der Waals surface area contributed by atoms with Crippen LogP contribution in [0.5, 0.6) is 0 Å². The number of fused-ring (bicyclic) bond motifs is 1. The van der Waals surface area contributed by atoms with Gasteiger partial charge in [-0.2, -0.15) is 0 Å². The number of methoxy groups -OCH3 is 1. The lowest BCUT2D eigenvalue weighted by Gasteiger charge is -2.37. The Bertz CT molecular complexity index is 670. The van der Waals surface area contributed by atoms with Crippen molar-refractivity contribution in [2.45, 2.75) is 23.1 Å². The minimum absolute atomic E-state index is 0.304. The Morgan fingerprint density at radius 2 is 2.10 bits per heavy atom. The van der Waals surface area contributed by atoms with Crippen LogP contribution in [0.4, 0.5) is 0 Å². The lowest BCUT2D eigenvalue weighted by molar-refractivity contribution is -0.152. The van der Waals surface area contributed by atoms with E-state index in [-0.39, 0.29) is 5.57 Å². The number of carboxylic acids is 1. The van der Waals surface area contributed by atoms with Gasteiger partial charge in [0.1, 0.15) is 4.75 Å². The summed E-state index contributed by atoms with van der Waals surface area (Å²) in [6.07, 6.45) is 0.764. The van der Waals surface area contributed by atoms with Crippen LogP contribution < -0.4 is 0 Å². The van der Waals surface area contributed by atoms with Crippen LogP contribution in [0.1, 0.15) is 6.92 Å². The van der Waals surface area contributed by atoms with Gasteiger partial charge in [-0.3, -0.25) is 4.79 Å². The Morgan fingerprint density at radius 3 is 2.52 bits per heavy atom. The molecule has 1 amide bonds. The van der Waals surface area contributed by atoms with Gasteiger partial charge in [0.2, 0.25) is 0 Å². The molecule has 2 saturated heterocycles. The van der Waals surface area contributed by atoms with Crippen molar-refractivity contribution in [1.29, 1.82) is 0 Å². The zero-order valence-corrected chi connectivity index (χ0v) is 12.6. The molecule has 2 heterocycles. The van der Waals surface area contributed by atoms with Crippen LogP contribution in [0.15, 0.2) is 11.6 Å². The summed E-state index contributed by atoms with van der Waals surface area (Å²) in [5.74, 6) is -3.66. The van der Waals surface area contributed by atoms with Crippen molar-refractivity contribution in [2.24, 2.45) is 0 Å². The number of ether oxygens (including phenoxy) is 1. The Balaban J connectivity index is 2.59. The molecule has 116 valence electrons. The maximum atomic E-state index is 12.5. The van der Waals surface area contributed by atoms with Crippen LogP contribution in [0.3, 0.4) is 0 Å². The Morgan fingerprint density at radius 1 is 1.52 bits per heavy atom. The van der Waals surface area contributed by atoms with Gasteiger partial charge in [-0.1, -0.05) is 0 Å². The van der Waals surface area contributed by atoms with E-state index in [0.717, 1.165) is 18.1 Å². The largest absolute Gasteiger partial charge is 0.480 e. The molecule has 8 nitrogen and oxygen atoms in total. The van der Waals surface area contributed by atoms with Crippen molar-refractivity contribution in [2.75, 3.05) is 13.0 Å². The number of halogens is 1. The summed E-state index contributed by atoms with van der Waals surface area (Å²) < 4.78 is 27.6. The first-order valence-electron chi connectivity index (χ1n) is 5.78. The Kier molecular flexibility index (Phi) is 3.53. The molecule has 0 unspecified atom stereocenters. The van der Waals surface area contributed by atoms with E-state index in [0.29, 0.717) is 0 Å². The maximum Gasteiger partial charge on any atom is 0.331 e. The fourth-order valence-corrected chi connectivity index (χ4v) is 5.38. The fraction of sp³-hybridized carbons (Fsp3) is 0.545. The molecular weight excluding hydrogens is 326 g/mol. The molecule has 0 spiro atoms. The van der Waals surface area contributed by atoms with Crippen LogP contribution in [-0.4, -0.2) is 65.4 Å². The molecule has 10 heteroatoms. The van der Waals surface area contributed by atoms with Gasteiger partial charge in [-0.25, -0.2) is 18.0 Å². The van der Waals surface area contributed by atoms with Crippen molar-refractivity contribution < 1.29 is 32.6 Å². The quantitative estimate of drug-likeness (QED) is 0.308. The van der Waals surface area contributed by atoms with E-state index in [4.69, 9.17) is 11.6 Å². The van der Waals surface area contributed by atoms with Crippen LogP contribution in [-0.2, 0) is 29.0 Å². The second-order valence-corrected chi connectivity index (χ2v) is 7.66. The highest BCUT2D eigenvalue weighted by molar-refractivity contribution is 7.94. The van der Waals surface area contributed by atoms with E-state index >= 15 is 0 Å². The summed E-state index contributed by atoms with van der Waals surface area (Å²) in [6, 6.07) is -1.59. The number of carboxylic acid groups (broad SMARTS) is 1. The molecule has 2 aliphatic rings. The minimum atomic E-state index is -4.09. The molecule has 0 saturated carbocycles. The summed E-state index contributed by atoms with van der Waals surface area (Å²) in [5, 5.41) is 7.76. The lowest BCUT2D eigenvalue weighted by atomic mass is 9.95. The summed E-state index contributed by atoms with van der Waals surface area (Å²) in [7, 11) is -3.02. The predicted molar refractivity (Wildman–Crippen MR) is 70.2 cm³/mol. The summed E-state index contributed by atoms with van der Waals surface area (Å²) in [5.41, 5.74) is -0.304. The number of hydrogen-bond acceptors (Lipinski definition) is 6. The number of amides is 1. The minimum Gasteiger partial charge on any atom is -0.480 e. The number of hydrogen-bond donors (Lipinski definition) is 1. The van der Waals surface area contributed by atoms with Gasteiger partial charge in [0, 0.05) is 12.0 Å². The Hall–Kier alpha value is -1.61.